The fourth-order valence-corrected chi connectivity index (χ4v) is 0.500. The average molecular weight is 161 g/mol. The molecule has 0 N–H and O–H groups in total. The number of nitrogens with zero attached hydrogens (tertiary/aromatic N) is 1. The van der Waals surface area contributed by atoms with E-state index in [9.17, 15) is 0 Å². The Bertz CT molecular complexity index is 172. The van der Waals surface area contributed by atoms with Crippen LogP contribution in [0.15, 0.2) is 31.1 Å². The van der Waals surface area contributed by atoms with Crippen LogP contribution in [0.25, 0.3) is 6.08 Å². The Labute approximate surface area is 65.3 Å². The zero-order valence-corrected chi connectivity index (χ0v) is 6.00. The first kappa shape index (κ1) is 8.41. The summed E-state index contributed by atoms with van der Waals surface area (Å²) in [6.45, 7) is 3.60. The Morgan fingerprint density at radius 2 is 1.89 bits per heavy atom. The standard InChI is InChI=1S/C7H7N.Fe/c1-2-7-3-5-8-6-4-7;/h2-6H,1H2;/q;+2. The minimum absolute atomic E-state index is 0. The van der Waals surface area contributed by atoms with E-state index in [1.165, 1.54) is 0 Å². The van der Waals surface area contributed by atoms with Gasteiger partial charge in [0.15, 0.2) is 0 Å². The molecular weight excluding hydrogens is 154 g/mol. The van der Waals surface area contributed by atoms with Gasteiger partial charge in [-0.05, 0) is 17.7 Å². The Balaban J connectivity index is 0.000000640. The first-order valence-corrected chi connectivity index (χ1v) is 2.46. The molecule has 2 heteroatoms. The van der Waals surface area contributed by atoms with Crippen molar-refractivity contribution in [3.05, 3.63) is 36.7 Å². The summed E-state index contributed by atoms with van der Waals surface area (Å²) in [6.07, 6.45) is 5.29. The maximum atomic E-state index is 3.85. The monoisotopic (exact) mass is 161 g/mol. The molecular formula is C7H7FeN+2. The summed E-state index contributed by atoms with van der Waals surface area (Å²) in [6, 6.07) is 3.82. The molecule has 0 aliphatic carbocycles. The molecule has 0 aromatic carbocycles. The van der Waals surface area contributed by atoms with Gasteiger partial charge in [-0.3, -0.25) is 4.98 Å². The molecule has 0 saturated carbocycles. The molecule has 0 bridgehead atoms. The number of hydrogen-bond acceptors (Lipinski definition) is 1. The van der Waals surface area contributed by atoms with Crippen LogP contribution < -0.4 is 0 Å². The van der Waals surface area contributed by atoms with Crippen LogP contribution in [0.4, 0.5) is 0 Å². The summed E-state index contributed by atoms with van der Waals surface area (Å²) in [4.78, 5) is 3.85. The second-order valence-corrected chi connectivity index (χ2v) is 1.48. The summed E-state index contributed by atoms with van der Waals surface area (Å²) >= 11 is 0. The van der Waals surface area contributed by atoms with Gasteiger partial charge >= 0.3 is 17.1 Å². The molecule has 0 radical (unpaired) electrons. The predicted octanol–water partition coefficient (Wildman–Crippen LogP) is 1.72. The van der Waals surface area contributed by atoms with Gasteiger partial charge in [0.25, 0.3) is 0 Å². The molecule has 0 aliphatic heterocycles. The Morgan fingerprint density at radius 1 is 1.33 bits per heavy atom. The van der Waals surface area contributed by atoms with Crippen molar-refractivity contribution in [1.29, 1.82) is 0 Å². The van der Waals surface area contributed by atoms with Crippen LogP contribution in [0.5, 0.6) is 0 Å². The molecule has 0 unspecified atom stereocenters. The van der Waals surface area contributed by atoms with Crippen molar-refractivity contribution >= 4 is 6.08 Å². The normalized spacial score (nSPS) is 7.56. The summed E-state index contributed by atoms with van der Waals surface area (Å²) < 4.78 is 0. The Kier molecular flexibility index (Phi) is 4.02. The summed E-state index contributed by atoms with van der Waals surface area (Å²) in [5.74, 6) is 0. The van der Waals surface area contributed by atoms with Gasteiger partial charge in [-0.1, -0.05) is 12.7 Å². The van der Waals surface area contributed by atoms with Crippen molar-refractivity contribution < 1.29 is 17.1 Å². The molecule has 0 atom stereocenters. The van der Waals surface area contributed by atoms with Crippen molar-refractivity contribution in [1.82, 2.24) is 4.98 Å². The smallest absolute Gasteiger partial charge is 0.265 e. The van der Waals surface area contributed by atoms with Crippen molar-refractivity contribution in [2.75, 3.05) is 0 Å². The molecule has 1 aromatic heterocycles. The maximum Gasteiger partial charge on any atom is 2.00 e. The van der Waals surface area contributed by atoms with E-state index in [2.05, 4.69) is 11.6 Å². The SMILES string of the molecule is C=Cc1ccncc1.[Fe+2]. The summed E-state index contributed by atoms with van der Waals surface area (Å²) in [5, 5.41) is 0. The molecule has 1 nitrogen and oxygen atoms in total. The second kappa shape index (κ2) is 4.30. The summed E-state index contributed by atoms with van der Waals surface area (Å²) in [7, 11) is 0. The average Bonchev–Trinajstić information content (AvgIpc) is 1.90. The second-order valence-electron chi connectivity index (χ2n) is 1.48. The van der Waals surface area contributed by atoms with Gasteiger partial charge in [0.2, 0.25) is 0 Å². The van der Waals surface area contributed by atoms with Crippen molar-refractivity contribution in [3.8, 4) is 0 Å². The minimum atomic E-state index is 0. The summed E-state index contributed by atoms with van der Waals surface area (Å²) in [5.41, 5.74) is 1.11. The van der Waals surface area contributed by atoms with E-state index in [1.807, 2.05) is 12.1 Å². The molecule has 0 aliphatic rings. The molecule has 0 amide bonds. The Hall–Kier alpha value is -0.591. The molecule has 46 valence electrons. The molecule has 1 rings (SSSR count). The van der Waals surface area contributed by atoms with Crippen LogP contribution in [0.1, 0.15) is 5.56 Å². The van der Waals surface area contributed by atoms with Crippen LogP contribution in [0, 0.1) is 0 Å². The number of aromatic nitrogens is 1. The van der Waals surface area contributed by atoms with Crippen LogP contribution in [0.2, 0.25) is 0 Å². The third-order valence-corrected chi connectivity index (χ3v) is 0.942. The zero-order chi connectivity index (χ0) is 5.82. The van der Waals surface area contributed by atoms with Gasteiger partial charge < -0.3 is 0 Å². The fraction of sp³-hybridized carbons (Fsp3) is 0. The molecule has 0 saturated heterocycles. The number of rotatable bonds is 1. The molecule has 1 heterocycles. The van der Waals surface area contributed by atoms with Gasteiger partial charge in [0, 0.05) is 12.4 Å². The molecule has 0 spiro atoms. The van der Waals surface area contributed by atoms with Crippen LogP contribution in [0.3, 0.4) is 0 Å². The van der Waals surface area contributed by atoms with E-state index in [4.69, 9.17) is 0 Å². The minimum Gasteiger partial charge on any atom is -0.265 e. The first-order valence-electron chi connectivity index (χ1n) is 2.46. The van der Waals surface area contributed by atoms with Gasteiger partial charge in [0.05, 0.1) is 0 Å². The van der Waals surface area contributed by atoms with Gasteiger partial charge in [-0.2, -0.15) is 0 Å². The first-order chi connectivity index (χ1) is 3.93. The zero-order valence-electron chi connectivity index (χ0n) is 4.89. The predicted molar refractivity (Wildman–Crippen MR) is 34.3 cm³/mol. The number of pyridine rings is 1. The van der Waals surface area contributed by atoms with Gasteiger partial charge in [-0.25, -0.2) is 0 Å². The maximum absolute atomic E-state index is 3.85. The van der Waals surface area contributed by atoms with Crippen molar-refractivity contribution in [2.24, 2.45) is 0 Å². The van der Waals surface area contributed by atoms with Crippen LogP contribution in [-0.2, 0) is 17.1 Å². The largest absolute Gasteiger partial charge is 2.00 e. The third-order valence-electron chi connectivity index (χ3n) is 0.942. The van der Waals surface area contributed by atoms with E-state index < -0.39 is 0 Å². The van der Waals surface area contributed by atoms with Crippen LogP contribution >= 0.6 is 0 Å². The Morgan fingerprint density at radius 3 is 2.22 bits per heavy atom. The van der Waals surface area contributed by atoms with Gasteiger partial charge in [-0.15, -0.1) is 0 Å². The number of hydrogen-bond donors (Lipinski definition) is 0. The molecule has 9 heavy (non-hydrogen) atoms. The van der Waals surface area contributed by atoms with Gasteiger partial charge in [0.1, 0.15) is 0 Å². The third kappa shape index (κ3) is 2.45. The quantitative estimate of drug-likeness (QED) is 0.571. The topological polar surface area (TPSA) is 12.9 Å². The molecule has 0 fully saturated rings. The van der Waals surface area contributed by atoms with E-state index in [0.717, 1.165) is 5.56 Å². The van der Waals surface area contributed by atoms with Crippen molar-refractivity contribution in [2.45, 2.75) is 0 Å². The van der Waals surface area contributed by atoms with E-state index in [1.54, 1.807) is 18.5 Å². The van der Waals surface area contributed by atoms with E-state index in [0.29, 0.717) is 0 Å². The van der Waals surface area contributed by atoms with E-state index >= 15 is 0 Å². The molecule has 1 aromatic rings. The fourth-order valence-electron chi connectivity index (χ4n) is 0.500. The van der Waals surface area contributed by atoms with E-state index in [-0.39, 0.29) is 17.1 Å². The van der Waals surface area contributed by atoms with Crippen molar-refractivity contribution in [3.63, 3.8) is 0 Å². The van der Waals surface area contributed by atoms with Crippen LogP contribution in [-0.4, -0.2) is 4.98 Å².